The van der Waals surface area contributed by atoms with E-state index in [1.807, 2.05) is 0 Å². The largest absolute Gasteiger partial charge is 0.504 e. The Balaban J connectivity index is 2.87. The van der Waals surface area contributed by atoms with Gasteiger partial charge in [-0.25, -0.2) is 4.79 Å². The summed E-state index contributed by atoms with van der Waals surface area (Å²) in [6.07, 6.45) is -0.664. The molecule has 0 saturated heterocycles. The Labute approximate surface area is 120 Å². The molecule has 0 heterocycles. The van der Waals surface area contributed by atoms with Crippen LogP contribution in [0.25, 0.3) is 0 Å². The van der Waals surface area contributed by atoms with Gasteiger partial charge in [-0.3, -0.25) is 9.59 Å². The molecule has 0 unspecified atom stereocenters. The molecule has 1 atom stereocenters. The first-order valence-electron chi connectivity index (χ1n) is 5.98. The van der Waals surface area contributed by atoms with Crippen LogP contribution in [0, 0.1) is 0 Å². The van der Waals surface area contributed by atoms with Crippen LogP contribution in [0.2, 0.25) is 0 Å². The van der Waals surface area contributed by atoms with Crippen molar-refractivity contribution in [2.75, 3.05) is 7.11 Å². The molecule has 0 aliphatic heterocycles. The first-order valence-corrected chi connectivity index (χ1v) is 5.98. The molecule has 114 valence electrons. The topological polar surface area (TPSA) is 133 Å². The molecule has 0 aliphatic rings. The maximum atomic E-state index is 12.0. The lowest BCUT2D eigenvalue weighted by molar-refractivity contribution is -0.140. The number of aromatic hydroxyl groups is 1. The van der Waals surface area contributed by atoms with E-state index in [0.717, 1.165) is 0 Å². The summed E-state index contributed by atoms with van der Waals surface area (Å²) in [4.78, 5) is 33.4. The van der Waals surface area contributed by atoms with E-state index in [4.69, 9.17) is 14.9 Å². The Kier molecular flexibility index (Phi) is 5.53. The van der Waals surface area contributed by atoms with Crippen molar-refractivity contribution < 1.29 is 34.4 Å². The lowest BCUT2D eigenvalue weighted by atomic mass is 10.1. The Morgan fingerprint density at radius 3 is 2.48 bits per heavy atom. The highest BCUT2D eigenvalue weighted by Gasteiger charge is 2.23. The van der Waals surface area contributed by atoms with Crippen molar-refractivity contribution in [2.45, 2.75) is 18.9 Å². The van der Waals surface area contributed by atoms with Crippen LogP contribution < -0.4 is 10.1 Å². The predicted octanol–water partition coefficient (Wildman–Crippen LogP) is 0.449. The van der Waals surface area contributed by atoms with Gasteiger partial charge in [-0.15, -0.1) is 0 Å². The number of rotatable bonds is 7. The number of amides is 1. The van der Waals surface area contributed by atoms with Crippen molar-refractivity contribution in [1.82, 2.24) is 5.32 Å². The second-order valence-corrected chi connectivity index (χ2v) is 4.15. The number of carboxylic acids is 2. The van der Waals surface area contributed by atoms with Gasteiger partial charge >= 0.3 is 11.9 Å². The molecule has 0 aromatic heterocycles. The van der Waals surface area contributed by atoms with Gasteiger partial charge in [-0.2, -0.15) is 0 Å². The van der Waals surface area contributed by atoms with Crippen LogP contribution in [0.4, 0.5) is 0 Å². The number of hydrogen-bond donors (Lipinski definition) is 4. The number of methoxy groups -OCH3 is 1. The van der Waals surface area contributed by atoms with Gasteiger partial charge in [-0.1, -0.05) is 6.07 Å². The second-order valence-electron chi connectivity index (χ2n) is 4.15. The lowest BCUT2D eigenvalue weighted by Gasteiger charge is -2.14. The van der Waals surface area contributed by atoms with E-state index in [0.29, 0.717) is 0 Å². The normalized spacial score (nSPS) is 11.5. The molecule has 1 rings (SSSR count). The summed E-state index contributed by atoms with van der Waals surface area (Å²) in [7, 11) is 1.31. The maximum Gasteiger partial charge on any atom is 0.326 e. The van der Waals surface area contributed by atoms with Crippen molar-refractivity contribution in [3.05, 3.63) is 23.8 Å². The molecule has 0 saturated carbocycles. The van der Waals surface area contributed by atoms with Gasteiger partial charge in [0.25, 0.3) is 5.91 Å². The molecular formula is C13H15NO7. The van der Waals surface area contributed by atoms with E-state index < -0.39 is 36.1 Å². The predicted molar refractivity (Wildman–Crippen MR) is 70.4 cm³/mol. The van der Waals surface area contributed by atoms with Gasteiger partial charge < -0.3 is 25.4 Å². The van der Waals surface area contributed by atoms with E-state index >= 15 is 0 Å². The summed E-state index contributed by atoms with van der Waals surface area (Å²) < 4.78 is 4.84. The number of aliphatic carboxylic acids is 2. The van der Waals surface area contributed by atoms with Crippen LogP contribution in [-0.2, 0) is 9.59 Å². The second kappa shape index (κ2) is 7.13. The summed E-state index contributed by atoms with van der Waals surface area (Å²) in [5.41, 5.74) is -0.157. The molecule has 1 aromatic rings. The molecule has 0 fully saturated rings. The van der Waals surface area contributed by atoms with E-state index in [1.165, 1.54) is 25.3 Å². The van der Waals surface area contributed by atoms with Crippen LogP contribution in [-0.4, -0.2) is 46.3 Å². The highest BCUT2D eigenvalue weighted by molar-refractivity contribution is 5.99. The number of carbonyl (C=O) groups excluding carboxylic acids is 1. The first kappa shape index (κ1) is 16.3. The molecule has 0 bridgehead atoms. The number of carboxylic acid groups (broad SMARTS) is 2. The Morgan fingerprint density at radius 2 is 1.95 bits per heavy atom. The number of para-hydroxylation sites is 1. The summed E-state index contributed by atoms with van der Waals surface area (Å²) in [6, 6.07) is 2.83. The Hall–Kier alpha value is -2.77. The smallest absolute Gasteiger partial charge is 0.326 e. The molecule has 0 aliphatic carbocycles. The number of nitrogens with one attached hydrogen (secondary N) is 1. The summed E-state index contributed by atoms with van der Waals surface area (Å²) >= 11 is 0. The minimum Gasteiger partial charge on any atom is -0.504 e. The molecule has 1 aromatic carbocycles. The standard InChI is InChI=1S/C13H15NO7/c1-21-9-4-2-3-7(11(9)17)12(18)14-8(13(19)20)5-6-10(15)16/h2-4,8,17H,5-6H2,1H3,(H,14,18)(H,15,16)(H,19,20)/t8-/m0/s1. The fourth-order valence-corrected chi connectivity index (χ4v) is 1.63. The SMILES string of the molecule is COc1cccc(C(=O)N[C@@H](CCC(=O)O)C(=O)O)c1O. The third kappa shape index (κ3) is 4.37. The zero-order chi connectivity index (χ0) is 16.0. The van der Waals surface area contributed by atoms with E-state index in [-0.39, 0.29) is 17.7 Å². The van der Waals surface area contributed by atoms with E-state index in [2.05, 4.69) is 5.32 Å². The fourth-order valence-electron chi connectivity index (χ4n) is 1.63. The molecule has 0 radical (unpaired) electrons. The highest BCUT2D eigenvalue weighted by Crippen LogP contribution is 2.29. The van der Waals surface area contributed by atoms with Crippen LogP contribution in [0.3, 0.4) is 0 Å². The third-order valence-electron chi connectivity index (χ3n) is 2.71. The minimum atomic E-state index is -1.36. The van der Waals surface area contributed by atoms with Crippen molar-refractivity contribution in [3.63, 3.8) is 0 Å². The van der Waals surface area contributed by atoms with Crippen LogP contribution in [0.5, 0.6) is 11.5 Å². The zero-order valence-corrected chi connectivity index (χ0v) is 11.2. The minimum absolute atomic E-state index is 0.0695. The molecule has 8 heteroatoms. The van der Waals surface area contributed by atoms with Gasteiger partial charge in [0.05, 0.1) is 12.7 Å². The summed E-state index contributed by atoms with van der Waals surface area (Å²) in [6.45, 7) is 0. The number of hydrogen-bond acceptors (Lipinski definition) is 5. The van der Waals surface area contributed by atoms with Crippen molar-refractivity contribution >= 4 is 17.8 Å². The molecule has 4 N–H and O–H groups in total. The fraction of sp³-hybridized carbons (Fsp3) is 0.308. The van der Waals surface area contributed by atoms with Gasteiger partial charge in [0.2, 0.25) is 0 Å². The molecule has 8 nitrogen and oxygen atoms in total. The average molecular weight is 297 g/mol. The lowest BCUT2D eigenvalue weighted by Crippen LogP contribution is -2.41. The van der Waals surface area contributed by atoms with Crippen molar-refractivity contribution in [2.24, 2.45) is 0 Å². The van der Waals surface area contributed by atoms with Gasteiger partial charge in [0, 0.05) is 6.42 Å². The average Bonchev–Trinajstić information content (AvgIpc) is 2.42. The Bertz CT molecular complexity index is 555. The van der Waals surface area contributed by atoms with Gasteiger partial charge in [0.15, 0.2) is 11.5 Å². The number of phenolic OH excluding ortho intramolecular Hbond substituents is 1. The number of phenols is 1. The number of benzene rings is 1. The zero-order valence-electron chi connectivity index (χ0n) is 11.2. The van der Waals surface area contributed by atoms with Crippen LogP contribution >= 0.6 is 0 Å². The quantitative estimate of drug-likeness (QED) is 0.574. The van der Waals surface area contributed by atoms with Gasteiger partial charge in [-0.05, 0) is 18.6 Å². The third-order valence-corrected chi connectivity index (χ3v) is 2.71. The van der Waals surface area contributed by atoms with Crippen LogP contribution in [0.15, 0.2) is 18.2 Å². The van der Waals surface area contributed by atoms with Crippen LogP contribution in [0.1, 0.15) is 23.2 Å². The van der Waals surface area contributed by atoms with Crippen molar-refractivity contribution in [1.29, 1.82) is 0 Å². The molecule has 0 spiro atoms. The Morgan fingerprint density at radius 1 is 1.29 bits per heavy atom. The summed E-state index contributed by atoms with van der Waals surface area (Å²) in [5.74, 6) is -3.70. The highest BCUT2D eigenvalue weighted by atomic mass is 16.5. The number of carbonyl (C=O) groups is 3. The molecule has 1 amide bonds. The monoisotopic (exact) mass is 297 g/mol. The van der Waals surface area contributed by atoms with E-state index in [9.17, 15) is 19.5 Å². The van der Waals surface area contributed by atoms with Gasteiger partial charge in [0.1, 0.15) is 6.04 Å². The maximum absolute atomic E-state index is 12.0. The molecular weight excluding hydrogens is 282 g/mol. The van der Waals surface area contributed by atoms with E-state index in [1.54, 1.807) is 0 Å². The number of ether oxygens (including phenoxy) is 1. The summed E-state index contributed by atoms with van der Waals surface area (Å²) in [5, 5.41) is 29.5. The van der Waals surface area contributed by atoms with Crippen molar-refractivity contribution in [3.8, 4) is 11.5 Å². The molecule has 21 heavy (non-hydrogen) atoms. The first-order chi connectivity index (χ1) is 9.86.